The fraction of sp³-hybridized carbons (Fsp3) is 0.385. The SMILES string of the molecule is O=C(O)C1CC(O)CN1C(=O)c1ccc2c(c1)OCO2. The van der Waals surface area contributed by atoms with Gasteiger partial charge < -0.3 is 24.6 Å². The lowest BCUT2D eigenvalue weighted by molar-refractivity contribution is -0.141. The molecule has 1 amide bonds. The summed E-state index contributed by atoms with van der Waals surface area (Å²) in [6.07, 6.45) is -0.764. The molecule has 2 N–H and O–H groups in total. The van der Waals surface area contributed by atoms with Gasteiger partial charge >= 0.3 is 5.97 Å². The molecule has 2 aliphatic rings. The average molecular weight is 279 g/mol. The molecule has 2 aliphatic heterocycles. The first-order valence-electron chi connectivity index (χ1n) is 6.18. The van der Waals surface area contributed by atoms with Crippen molar-refractivity contribution in [1.29, 1.82) is 0 Å². The molecule has 0 aromatic heterocycles. The standard InChI is InChI=1S/C13H13NO6/c15-8-4-9(13(17)18)14(5-8)12(16)7-1-2-10-11(3-7)20-6-19-10/h1-3,8-9,15H,4-6H2,(H,17,18). The first kappa shape index (κ1) is 12.7. The van der Waals surface area contributed by atoms with Crippen molar-refractivity contribution in [2.75, 3.05) is 13.3 Å². The van der Waals surface area contributed by atoms with E-state index < -0.39 is 24.0 Å². The van der Waals surface area contributed by atoms with Gasteiger partial charge in [0.25, 0.3) is 5.91 Å². The van der Waals surface area contributed by atoms with Crippen molar-refractivity contribution in [3.8, 4) is 11.5 Å². The highest BCUT2D eigenvalue weighted by Crippen LogP contribution is 2.33. The fourth-order valence-corrected chi connectivity index (χ4v) is 2.47. The highest BCUT2D eigenvalue weighted by Gasteiger charge is 2.39. The van der Waals surface area contributed by atoms with Crippen molar-refractivity contribution in [2.24, 2.45) is 0 Å². The lowest BCUT2D eigenvalue weighted by Gasteiger charge is -2.21. The maximum Gasteiger partial charge on any atom is 0.326 e. The number of ether oxygens (including phenoxy) is 2. The molecule has 0 spiro atoms. The zero-order chi connectivity index (χ0) is 14.3. The Bertz CT molecular complexity index is 572. The van der Waals surface area contributed by atoms with Crippen LogP contribution >= 0.6 is 0 Å². The molecule has 1 aromatic carbocycles. The van der Waals surface area contributed by atoms with Crippen molar-refractivity contribution < 1.29 is 29.3 Å². The minimum Gasteiger partial charge on any atom is -0.480 e. The Labute approximate surface area is 114 Å². The van der Waals surface area contributed by atoms with Gasteiger partial charge in [0.05, 0.1) is 6.10 Å². The highest BCUT2D eigenvalue weighted by molar-refractivity contribution is 5.97. The van der Waals surface area contributed by atoms with E-state index in [1.165, 1.54) is 11.0 Å². The van der Waals surface area contributed by atoms with Crippen molar-refractivity contribution in [1.82, 2.24) is 4.90 Å². The Balaban J connectivity index is 1.86. The van der Waals surface area contributed by atoms with Gasteiger partial charge in [-0.05, 0) is 18.2 Å². The van der Waals surface area contributed by atoms with E-state index in [1.54, 1.807) is 12.1 Å². The van der Waals surface area contributed by atoms with Gasteiger partial charge in [-0.15, -0.1) is 0 Å². The largest absolute Gasteiger partial charge is 0.480 e. The van der Waals surface area contributed by atoms with E-state index in [4.69, 9.17) is 14.6 Å². The van der Waals surface area contributed by atoms with Crippen LogP contribution in [-0.2, 0) is 4.79 Å². The monoisotopic (exact) mass is 279 g/mol. The summed E-state index contributed by atoms with van der Waals surface area (Å²) in [4.78, 5) is 24.7. The number of carboxylic acids is 1. The number of fused-ring (bicyclic) bond motifs is 1. The number of nitrogens with zero attached hydrogens (tertiary/aromatic N) is 1. The molecule has 1 saturated heterocycles. The van der Waals surface area contributed by atoms with E-state index in [9.17, 15) is 14.7 Å². The number of carbonyl (C=O) groups excluding carboxylic acids is 1. The molecule has 0 saturated carbocycles. The third-order valence-electron chi connectivity index (χ3n) is 3.44. The first-order chi connectivity index (χ1) is 9.56. The zero-order valence-electron chi connectivity index (χ0n) is 10.5. The molecule has 7 nitrogen and oxygen atoms in total. The van der Waals surface area contributed by atoms with Crippen LogP contribution in [0.5, 0.6) is 11.5 Å². The van der Waals surface area contributed by atoms with E-state index >= 15 is 0 Å². The van der Waals surface area contributed by atoms with Gasteiger partial charge in [-0.3, -0.25) is 4.79 Å². The molecule has 1 aromatic rings. The minimum atomic E-state index is -1.12. The predicted molar refractivity (Wildman–Crippen MR) is 65.6 cm³/mol. The van der Waals surface area contributed by atoms with Crippen LogP contribution < -0.4 is 9.47 Å². The summed E-state index contributed by atoms with van der Waals surface area (Å²) in [6, 6.07) is 3.69. The molecular formula is C13H13NO6. The Morgan fingerprint density at radius 3 is 2.75 bits per heavy atom. The van der Waals surface area contributed by atoms with E-state index in [-0.39, 0.29) is 19.8 Å². The second-order valence-corrected chi connectivity index (χ2v) is 4.77. The van der Waals surface area contributed by atoms with Gasteiger partial charge in [0.1, 0.15) is 6.04 Å². The van der Waals surface area contributed by atoms with Crippen LogP contribution in [0.3, 0.4) is 0 Å². The molecule has 0 radical (unpaired) electrons. The molecule has 1 fully saturated rings. The maximum atomic E-state index is 12.4. The summed E-state index contributed by atoms with van der Waals surface area (Å²) in [5.74, 6) is -0.539. The molecule has 20 heavy (non-hydrogen) atoms. The first-order valence-corrected chi connectivity index (χ1v) is 6.18. The summed E-state index contributed by atoms with van der Waals surface area (Å²) in [6.45, 7) is 0.122. The van der Waals surface area contributed by atoms with Crippen molar-refractivity contribution in [2.45, 2.75) is 18.6 Å². The second kappa shape index (κ2) is 4.68. The van der Waals surface area contributed by atoms with Crippen molar-refractivity contribution >= 4 is 11.9 Å². The number of benzene rings is 1. The number of hydrogen-bond donors (Lipinski definition) is 2. The molecule has 7 heteroatoms. The molecule has 106 valence electrons. The van der Waals surface area contributed by atoms with Crippen LogP contribution in [0, 0.1) is 0 Å². The molecular weight excluding hydrogens is 266 g/mol. The van der Waals surface area contributed by atoms with Gasteiger partial charge in [-0.1, -0.05) is 0 Å². The number of amides is 1. The number of likely N-dealkylation sites (tertiary alicyclic amines) is 1. The lowest BCUT2D eigenvalue weighted by atomic mass is 10.1. The quantitative estimate of drug-likeness (QED) is 0.795. The Kier molecular flexibility index (Phi) is 2.98. The molecule has 2 atom stereocenters. The highest BCUT2D eigenvalue weighted by atomic mass is 16.7. The number of hydrogen-bond acceptors (Lipinski definition) is 5. The van der Waals surface area contributed by atoms with Crippen LogP contribution in [-0.4, -0.2) is 52.5 Å². The van der Waals surface area contributed by atoms with Crippen LogP contribution in [0.25, 0.3) is 0 Å². The number of aliphatic carboxylic acids is 1. The van der Waals surface area contributed by atoms with Crippen LogP contribution in [0.1, 0.15) is 16.8 Å². The summed E-state index contributed by atoms with van der Waals surface area (Å²) in [5.41, 5.74) is 0.314. The summed E-state index contributed by atoms with van der Waals surface area (Å²) in [7, 11) is 0. The summed E-state index contributed by atoms with van der Waals surface area (Å²) in [5, 5.41) is 18.7. The Morgan fingerprint density at radius 1 is 1.25 bits per heavy atom. The van der Waals surface area contributed by atoms with E-state index in [2.05, 4.69) is 0 Å². The van der Waals surface area contributed by atoms with Gasteiger partial charge in [0.15, 0.2) is 11.5 Å². The molecule has 0 aliphatic carbocycles. The normalized spacial score (nSPS) is 23.9. The third kappa shape index (κ3) is 2.05. The minimum absolute atomic E-state index is 0.0181. The van der Waals surface area contributed by atoms with Crippen molar-refractivity contribution in [3.63, 3.8) is 0 Å². The Morgan fingerprint density at radius 2 is 2.00 bits per heavy atom. The summed E-state index contributed by atoms with van der Waals surface area (Å²) < 4.78 is 10.3. The van der Waals surface area contributed by atoms with Gasteiger partial charge in [0.2, 0.25) is 6.79 Å². The number of carbonyl (C=O) groups is 2. The van der Waals surface area contributed by atoms with Crippen LogP contribution in [0.15, 0.2) is 18.2 Å². The average Bonchev–Trinajstić information content (AvgIpc) is 3.02. The van der Waals surface area contributed by atoms with Gasteiger partial charge in [-0.25, -0.2) is 4.79 Å². The molecule has 3 rings (SSSR count). The second-order valence-electron chi connectivity index (χ2n) is 4.77. The predicted octanol–water partition coefficient (Wildman–Crippen LogP) is 0.0753. The number of aliphatic hydroxyl groups is 1. The van der Waals surface area contributed by atoms with E-state index in [0.717, 1.165) is 0 Å². The zero-order valence-corrected chi connectivity index (χ0v) is 10.5. The number of β-amino-alcohol motifs (C(OH)–C–C–N with tert-alkyl or cyclic N) is 1. The number of carboxylic acid groups (broad SMARTS) is 1. The third-order valence-corrected chi connectivity index (χ3v) is 3.44. The molecule has 0 bridgehead atoms. The van der Waals surface area contributed by atoms with Gasteiger partial charge in [0, 0.05) is 18.5 Å². The smallest absolute Gasteiger partial charge is 0.326 e. The number of rotatable bonds is 2. The fourth-order valence-electron chi connectivity index (χ4n) is 2.47. The summed E-state index contributed by atoms with van der Waals surface area (Å²) >= 11 is 0. The topological polar surface area (TPSA) is 96.3 Å². The molecule has 2 unspecified atom stereocenters. The Hall–Kier alpha value is -2.28. The maximum absolute atomic E-state index is 12.4. The van der Waals surface area contributed by atoms with Gasteiger partial charge in [-0.2, -0.15) is 0 Å². The number of aliphatic hydroxyl groups excluding tert-OH is 1. The lowest BCUT2D eigenvalue weighted by Crippen LogP contribution is -2.40. The van der Waals surface area contributed by atoms with E-state index in [0.29, 0.717) is 17.1 Å². The van der Waals surface area contributed by atoms with Crippen LogP contribution in [0.4, 0.5) is 0 Å². The van der Waals surface area contributed by atoms with Crippen molar-refractivity contribution in [3.05, 3.63) is 23.8 Å². The van der Waals surface area contributed by atoms with Crippen LogP contribution in [0.2, 0.25) is 0 Å². The van der Waals surface area contributed by atoms with E-state index in [1.807, 2.05) is 0 Å². The molecule has 2 heterocycles.